The quantitative estimate of drug-likeness (QED) is 0.585. The van der Waals surface area contributed by atoms with E-state index in [1.165, 1.54) is 18.7 Å². The van der Waals surface area contributed by atoms with Crippen LogP contribution in [0.15, 0.2) is 33.9 Å². The lowest BCUT2D eigenvalue weighted by Crippen LogP contribution is -2.42. The van der Waals surface area contributed by atoms with Crippen molar-refractivity contribution in [1.29, 1.82) is 0 Å². The first-order valence-corrected chi connectivity index (χ1v) is 9.54. The van der Waals surface area contributed by atoms with E-state index in [9.17, 15) is 14.4 Å². The summed E-state index contributed by atoms with van der Waals surface area (Å²) in [5.74, 6) is 0.879. The largest absolute Gasteiger partial charge is 0.497 e. The molecule has 1 aliphatic heterocycles. The summed E-state index contributed by atoms with van der Waals surface area (Å²) in [6.45, 7) is 2.92. The zero-order valence-corrected chi connectivity index (χ0v) is 17.3. The Morgan fingerprint density at radius 3 is 2.50 bits per heavy atom. The number of esters is 1. The summed E-state index contributed by atoms with van der Waals surface area (Å²) in [5.41, 5.74) is 0.312. The second-order valence-electron chi connectivity index (χ2n) is 7.42. The van der Waals surface area contributed by atoms with E-state index < -0.39 is 23.8 Å². The van der Waals surface area contributed by atoms with Gasteiger partial charge in [0, 0.05) is 25.8 Å². The second-order valence-corrected chi connectivity index (χ2v) is 7.42. The highest BCUT2D eigenvalue weighted by Gasteiger charge is 2.30. The number of fused-ring (bicyclic) bond motifs is 3. The molecule has 3 heterocycles. The molecule has 1 atom stereocenters. The summed E-state index contributed by atoms with van der Waals surface area (Å²) in [6.07, 6.45) is 0. The van der Waals surface area contributed by atoms with Gasteiger partial charge in [-0.1, -0.05) is 6.92 Å². The third kappa shape index (κ3) is 3.04. The highest BCUT2D eigenvalue weighted by molar-refractivity contribution is 5.77. The summed E-state index contributed by atoms with van der Waals surface area (Å²) < 4.78 is 13.9. The molecule has 2 aromatic heterocycles. The van der Waals surface area contributed by atoms with Crippen molar-refractivity contribution < 1.29 is 14.3 Å². The number of imidazole rings is 1. The van der Waals surface area contributed by atoms with E-state index in [1.54, 1.807) is 7.11 Å². The Kier molecular flexibility index (Phi) is 4.84. The maximum absolute atomic E-state index is 13.2. The van der Waals surface area contributed by atoms with Gasteiger partial charge in [0.2, 0.25) is 5.95 Å². The SMILES string of the molecule is COC(=O)Cn1c(=O)c2c(nc3n2C[C@H](C)CN3c2ccc(OC)cc2)n(C)c1=O. The molecule has 10 heteroatoms. The first-order chi connectivity index (χ1) is 14.3. The summed E-state index contributed by atoms with van der Waals surface area (Å²) in [4.78, 5) is 44.2. The van der Waals surface area contributed by atoms with Gasteiger partial charge in [0.25, 0.3) is 5.56 Å². The number of aromatic nitrogens is 4. The molecule has 0 unspecified atom stereocenters. The Morgan fingerprint density at radius 2 is 1.87 bits per heavy atom. The number of nitrogens with zero attached hydrogens (tertiary/aromatic N) is 5. The number of rotatable bonds is 4. The molecule has 30 heavy (non-hydrogen) atoms. The van der Waals surface area contributed by atoms with Crippen LogP contribution in [0.25, 0.3) is 11.2 Å². The van der Waals surface area contributed by atoms with Gasteiger partial charge < -0.3 is 18.9 Å². The molecule has 0 fully saturated rings. The van der Waals surface area contributed by atoms with Crippen molar-refractivity contribution in [1.82, 2.24) is 18.7 Å². The third-order valence-corrected chi connectivity index (χ3v) is 5.34. The van der Waals surface area contributed by atoms with Gasteiger partial charge in [-0.05, 0) is 30.2 Å². The van der Waals surface area contributed by atoms with E-state index in [4.69, 9.17) is 4.74 Å². The van der Waals surface area contributed by atoms with E-state index in [0.29, 0.717) is 24.6 Å². The molecule has 0 saturated heterocycles. The van der Waals surface area contributed by atoms with Gasteiger partial charge in [0.15, 0.2) is 11.2 Å². The molecular formula is C20H23N5O5. The first-order valence-electron chi connectivity index (χ1n) is 9.54. The fraction of sp³-hybridized carbons (Fsp3) is 0.400. The number of carbonyl (C=O) groups excluding carboxylic acids is 1. The van der Waals surface area contributed by atoms with Gasteiger partial charge in [-0.15, -0.1) is 0 Å². The second kappa shape index (κ2) is 7.36. The monoisotopic (exact) mass is 413 g/mol. The van der Waals surface area contributed by atoms with Gasteiger partial charge in [0.1, 0.15) is 12.3 Å². The number of benzene rings is 1. The van der Waals surface area contributed by atoms with Crippen molar-refractivity contribution in [3.63, 3.8) is 0 Å². The standard InChI is InChI=1S/C20H23N5O5/c1-12-9-23(13-5-7-14(29-3)8-6-13)19-21-17-16(24(19)10-12)18(27)25(11-15(26)30-4)20(28)22(17)2/h5-8,12H,9-11H2,1-4H3/t12-/m1/s1. The van der Waals surface area contributed by atoms with Crippen LogP contribution in [0.4, 0.5) is 11.6 Å². The Morgan fingerprint density at radius 1 is 1.17 bits per heavy atom. The van der Waals surface area contributed by atoms with Gasteiger partial charge >= 0.3 is 11.7 Å². The lowest BCUT2D eigenvalue weighted by atomic mass is 10.1. The van der Waals surface area contributed by atoms with Crippen molar-refractivity contribution in [2.75, 3.05) is 25.7 Å². The number of carbonyl (C=O) groups is 1. The molecule has 4 rings (SSSR count). The van der Waals surface area contributed by atoms with Crippen LogP contribution in [0.2, 0.25) is 0 Å². The van der Waals surface area contributed by atoms with Crippen LogP contribution in [0.5, 0.6) is 5.75 Å². The zero-order valence-electron chi connectivity index (χ0n) is 17.3. The fourth-order valence-electron chi connectivity index (χ4n) is 3.82. The van der Waals surface area contributed by atoms with E-state index in [2.05, 4.69) is 16.6 Å². The minimum atomic E-state index is -0.667. The summed E-state index contributed by atoms with van der Waals surface area (Å²) in [6, 6.07) is 7.58. The van der Waals surface area contributed by atoms with Crippen LogP contribution in [0, 0.1) is 5.92 Å². The number of anilines is 2. The smallest absolute Gasteiger partial charge is 0.333 e. The van der Waals surface area contributed by atoms with Crippen LogP contribution in [-0.4, -0.2) is 45.4 Å². The van der Waals surface area contributed by atoms with Gasteiger partial charge in [-0.25, -0.2) is 9.36 Å². The Labute approximate surface area is 171 Å². The summed E-state index contributed by atoms with van der Waals surface area (Å²) >= 11 is 0. The minimum Gasteiger partial charge on any atom is -0.497 e. The van der Waals surface area contributed by atoms with Crippen molar-refractivity contribution in [2.24, 2.45) is 13.0 Å². The van der Waals surface area contributed by atoms with Gasteiger partial charge in [-0.3, -0.25) is 14.2 Å². The zero-order chi connectivity index (χ0) is 21.6. The lowest BCUT2D eigenvalue weighted by molar-refractivity contribution is -0.141. The number of hydrogen-bond donors (Lipinski definition) is 0. The van der Waals surface area contributed by atoms with Crippen molar-refractivity contribution >= 4 is 28.8 Å². The molecule has 0 saturated carbocycles. The van der Waals surface area contributed by atoms with Crippen LogP contribution >= 0.6 is 0 Å². The topological polar surface area (TPSA) is 101 Å². The van der Waals surface area contributed by atoms with Crippen molar-refractivity contribution in [2.45, 2.75) is 20.0 Å². The molecule has 0 bridgehead atoms. The molecular weight excluding hydrogens is 390 g/mol. The van der Waals surface area contributed by atoms with E-state index in [-0.39, 0.29) is 11.6 Å². The molecule has 0 radical (unpaired) electrons. The molecule has 0 aliphatic carbocycles. The van der Waals surface area contributed by atoms with E-state index in [1.807, 2.05) is 33.7 Å². The van der Waals surface area contributed by atoms with Crippen molar-refractivity contribution in [3.05, 3.63) is 45.1 Å². The molecule has 3 aromatic rings. The van der Waals surface area contributed by atoms with Crippen molar-refractivity contribution in [3.8, 4) is 5.75 Å². The lowest BCUT2D eigenvalue weighted by Gasteiger charge is -2.33. The number of methoxy groups -OCH3 is 2. The normalized spacial score (nSPS) is 15.9. The molecule has 1 aliphatic rings. The highest BCUT2D eigenvalue weighted by atomic mass is 16.5. The van der Waals surface area contributed by atoms with Crippen LogP contribution < -0.4 is 20.9 Å². The Hall–Kier alpha value is -3.56. The van der Waals surface area contributed by atoms with E-state index >= 15 is 0 Å². The average Bonchev–Trinajstić information content (AvgIpc) is 3.14. The molecule has 0 amide bonds. The average molecular weight is 413 g/mol. The molecule has 158 valence electrons. The highest BCUT2D eigenvalue weighted by Crippen LogP contribution is 2.33. The molecule has 0 N–H and O–H groups in total. The summed E-state index contributed by atoms with van der Waals surface area (Å²) in [5, 5.41) is 0. The Bertz CT molecular complexity index is 1240. The molecule has 0 spiro atoms. The summed E-state index contributed by atoms with van der Waals surface area (Å²) in [7, 11) is 4.36. The Balaban J connectivity index is 1.94. The maximum Gasteiger partial charge on any atom is 0.333 e. The number of ether oxygens (including phenoxy) is 2. The third-order valence-electron chi connectivity index (χ3n) is 5.34. The van der Waals surface area contributed by atoms with Gasteiger partial charge in [-0.2, -0.15) is 4.98 Å². The van der Waals surface area contributed by atoms with Crippen LogP contribution in [0.3, 0.4) is 0 Å². The van der Waals surface area contributed by atoms with E-state index in [0.717, 1.165) is 16.0 Å². The predicted octanol–water partition coefficient (Wildman–Crippen LogP) is 0.866. The maximum atomic E-state index is 13.2. The number of aryl methyl sites for hydroxylation is 1. The first kappa shape index (κ1) is 19.7. The van der Waals surface area contributed by atoms with Crippen LogP contribution in [0.1, 0.15) is 6.92 Å². The minimum absolute atomic E-state index is 0.225. The van der Waals surface area contributed by atoms with Crippen LogP contribution in [-0.2, 0) is 29.7 Å². The molecule has 10 nitrogen and oxygen atoms in total. The van der Waals surface area contributed by atoms with Gasteiger partial charge in [0.05, 0.1) is 14.2 Å². The number of hydrogen-bond acceptors (Lipinski definition) is 7. The predicted molar refractivity (Wildman–Crippen MR) is 110 cm³/mol. The molecule has 1 aromatic carbocycles. The fourth-order valence-corrected chi connectivity index (χ4v) is 3.82.